The van der Waals surface area contributed by atoms with Crippen LogP contribution in [0.25, 0.3) is 0 Å². The number of nitrogens with two attached hydrogens (primary N) is 1. The number of benzene rings is 1. The van der Waals surface area contributed by atoms with Gasteiger partial charge in [0.15, 0.2) is 0 Å². The number of hydrogen-bond donors (Lipinski definition) is 3. The molecule has 1 aromatic rings. The first-order valence-corrected chi connectivity index (χ1v) is 5.25. The van der Waals surface area contributed by atoms with Crippen LogP contribution >= 0.6 is 11.6 Å². The Morgan fingerprint density at radius 3 is 2.44 bits per heavy atom. The number of halogens is 1. The van der Waals surface area contributed by atoms with Gasteiger partial charge in [0.2, 0.25) is 0 Å². The fourth-order valence-electron chi connectivity index (χ4n) is 1.70. The van der Waals surface area contributed by atoms with Crippen molar-refractivity contribution in [2.45, 2.75) is 5.54 Å². The number of nitrogens with one attached hydrogen (secondary N) is 2. The van der Waals surface area contributed by atoms with Gasteiger partial charge in [0.1, 0.15) is 11.4 Å². The Labute approximate surface area is 99.1 Å². The molecule has 2 rings (SSSR count). The van der Waals surface area contributed by atoms with Crippen LogP contribution in [-0.4, -0.2) is 5.84 Å². The van der Waals surface area contributed by atoms with Gasteiger partial charge in [-0.3, -0.25) is 5.41 Å². The molecule has 0 saturated heterocycles. The number of amidine groups is 1. The van der Waals surface area contributed by atoms with Crippen molar-refractivity contribution < 1.29 is 0 Å². The Morgan fingerprint density at radius 2 is 1.94 bits per heavy atom. The third kappa shape index (κ3) is 1.70. The Kier molecular flexibility index (Phi) is 2.71. The standard InChI is InChI=1S/C12H12ClN3/c13-10-5-3-9(4-6-10)12(11(14)15)7-1-2-8-16-12/h1-8,16H,(H3,14,15). The first-order chi connectivity index (χ1) is 7.65. The second-order valence-corrected chi connectivity index (χ2v) is 4.03. The highest BCUT2D eigenvalue weighted by atomic mass is 35.5. The summed E-state index contributed by atoms with van der Waals surface area (Å²) in [5.74, 6) is 0.0513. The summed E-state index contributed by atoms with van der Waals surface area (Å²) in [6.07, 6.45) is 7.36. The molecule has 0 fully saturated rings. The second kappa shape index (κ2) is 4.02. The lowest BCUT2D eigenvalue weighted by Crippen LogP contribution is -2.49. The highest BCUT2D eigenvalue weighted by molar-refractivity contribution is 6.30. The highest BCUT2D eigenvalue weighted by Gasteiger charge is 2.32. The van der Waals surface area contributed by atoms with E-state index >= 15 is 0 Å². The molecular formula is C12H12ClN3. The van der Waals surface area contributed by atoms with Gasteiger partial charge in [0, 0.05) is 5.02 Å². The molecule has 0 aliphatic carbocycles. The Balaban J connectivity index is 2.48. The van der Waals surface area contributed by atoms with Crippen LogP contribution in [0.15, 0.2) is 48.7 Å². The van der Waals surface area contributed by atoms with E-state index in [1.807, 2.05) is 30.4 Å². The average Bonchev–Trinajstić information content (AvgIpc) is 2.30. The lowest BCUT2D eigenvalue weighted by Gasteiger charge is -2.32. The van der Waals surface area contributed by atoms with E-state index in [4.69, 9.17) is 22.7 Å². The summed E-state index contributed by atoms with van der Waals surface area (Å²) >= 11 is 5.84. The summed E-state index contributed by atoms with van der Waals surface area (Å²) < 4.78 is 0. The van der Waals surface area contributed by atoms with E-state index in [1.165, 1.54) is 0 Å². The van der Waals surface area contributed by atoms with Crippen LogP contribution in [-0.2, 0) is 5.54 Å². The molecule has 4 heteroatoms. The third-order valence-electron chi connectivity index (χ3n) is 2.59. The van der Waals surface area contributed by atoms with Crippen LogP contribution in [0.2, 0.25) is 5.02 Å². The molecule has 0 radical (unpaired) electrons. The van der Waals surface area contributed by atoms with E-state index in [0.717, 1.165) is 5.56 Å². The summed E-state index contributed by atoms with van der Waals surface area (Å²) in [5, 5.41) is 11.5. The van der Waals surface area contributed by atoms with Gasteiger partial charge in [-0.2, -0.15) is 0 Å². The number of hydrogen-bond acceptors (Lipinski definition) is 2. The molecule has 1 aliphatic heterocycles. The highest BCUT2D eigenvalue weighted by Crippen LogP contribution is 2.26. The van der Waals surface area contributed by atoms with Crippen molar-refractivity contribution in [1.82, 2.24) is 5.32 Å². The van der Waals surface area contributed by atoms with Gasteiger partial charge in [-0.25, -0.2) is 0 Å². The van der Waals surface area contributed by atoms with Crippen LogP contribution < -0.4 is 11.1 Å². The Hall–Kier alpha value is -1.74. The fourth-order valence-corrected chi connectivity index (χ4v) is 1.82. The van der Waals surface area contributed by atoms with Gasteiger partial charge in [-0.05, 0) is 36.0 Å². The first-order valence-electron chi connectivity index (χ1n) is 4.88. The van der Waals surface area contributed by atoms with E-state index < -0.39 is 5.54 Å². The molecule has 4 N–H and O–H groups in total. The monoisotopic (exact) mass is 233 g/mol. The molecule has 0 saturated carbocycles. The zero-order valence-corrected chi connectivity index (χ0v) is 9.33. The molecule has 1 atom stereocenters. The van der Waals surface area contributed by atoms with Crippen LogP contribution in [0.3, 0.4) is 0 Å². The summed E-state index contributed by atoms with van der Waals surface area (Å²) in [7, 11) is 0. The molecule has 1 unspecified atom stereocenters. The molecular weight excluding hydrogens is 222 g/mol. The van der Waals surface area contributed by atoms with Gasteiger partial charge in [0.05, 0.1) is 0 Å². The summed E-state index contributed by atoms with van der Waals surface area (Å²) in [6.45, 7) is 0. The zero-order chi connectivity index (χ0) is 11.6. The largest absolute Gasteiger partial charge is 0.385 e. The van der Waals surface area contributed by atoms with Gasteiger partial charge < -0.3 is 11.1 Å². The van der Waals surface area contributed by atoms with Crippen molar-refractivity contribution in [3.63, 3.8) is 0 Å². The molecule has 0 spiro atoms. The first kappa shape index (κ1) is 10.8. The minimum absolute atomic E-state index is 0.0513. The maximum Gasteiger partial charge on any atom is 0.139 e. The maximum absolute atomic E-state index is 7.73. The predicted octanol–water partition coefficient (Wildman–Crippen LogP) is 2.14. The van der Waals surface area contributed by atoms with Crippen LogP contribution in [0.5, 0.6) is 0 Å². The Bertz CT molecular complexity index is 462. The predicted molar refractivity (Wildman–Crippen MR) is 66.5 cm³/mol. The minimum atomic E-state index is -0.751. The summed E-state index contributed by atoms with van der Waals surface area (Å²) in [4.78, 5) is 0. The molecule has 0 amide bonds. The summed E-state index contributed by atoms with van der Waals surface area (Å²) in [6, 6.07) is 7.30. The third-order valence-corrected chi connectivity index (χ3v) is 2.84. The number of rotatable bonds is 2. The smallest absolute Gasteiger partial charge is 0.139 e. The van der Waals surface area contributed by atoms with Crippen molar-refractivity contribution in [2.75, 3.05) is 0 Å². The van der Waals surface area contributed by atoms with E-state index in [-0.39, 0.29) is 5.84 Å². The van der Waals surface area contributed by atoms with Gasteiger partial charge in [-0.1, -0.05) is 29.8 Å². The molecule has 82 valence electrons. The van der Waals surface area contributed by atoms with Crippen LogP contribution in [0, 0.1) is 5.41 Å². The normalized spacial score (nSPS) is 22.8. The topological polar surface area (TPSA) is 61.9 Å². The zero-order valence-electron chi connectivity index (χ0n) is 8.57. The SMILES string of the molecule is N=C(N)C1(c2ccc(Cl)cc2)C=CC=CN1. The van der Waals surface area contributed by atoms with Gasteiger partial charge >= 0.3 is 0 Å². The minimum Gasteiger partial charge on any atom is -0.385 e. The lowest BCUT2D eigenvalue weighted by atomic mass is 9.87. The molecule has 0 bridgehead atoms. The van der Waals surface area contributed by atoms with E-state index in [2.05, 4.69) is 5.32 Å². The van der Waals surface area contributed by atoms with E-state index in [9.17, 15) is 0 Å². The molecule has 1 aliphatic rings. The fraction of sp³-hybridized carbons (Fsp3) is 0.0833. The van der Waals surface area contributed by atoms with Crippen LogP contribution in [0.4, 0.5) is 0 Å². The van der Waals surface area contributed by atoms with E-state index in [1.54, 1.807) is 18.3 Å². The van der Waals surface area contributed by atoms with E-state index in [0.29, 0.717) is 5.02 Å². The van der Waals surface area contributed by atoms with Crippen molar-refractivity contribution in [2.24, 2.45) is 5.73 Å². The molecule has 0 aromatic heterocycles. The summed E-state index contributed by atoms with van der Waals surface area (Å²) in [5.41, 5.74) is 5.82. The quantitative estimate of drug-likeness (QED) is 0.541. The van der Waals surface area contributed by atoms with Crippen molar-refractivity contribution in [3.05, 3.63) is 59.3 Å². The number of allylic oxidation sites excluding steroid dienone is 2. The number of dihydropyridines is 1. The molecule has 1 aromatic carbocycles. The van der Waals surface area contributed by atoms with Crippen molar-refractivity contribution in [3.8, 4) is 0 Å². The molecule has 16 heavy (non-hydrogen) atoms. The van der Waals surface area contributed by atoms with Crippen molar-refractivity contribution in [1.29, 1.82) is 5.41 Å². The van der Waals surface area contributed by atoms with Gasteiger partial charge in [-0.15, -0.1) is 0 Å². The Morgan fingerprint density at radius 1 is 1.25 bits per heavy atom. The maximum atomic E-state index is 7.73. The van der Waals surface area contributed by atoms with Crippen LogP contribution in [0.1, 0.15) is 5.56 Å². The average molecular weight is 234 g/mol. The van der Waals surface area contributed by atoms with Crippen molar-refractivity contribution >= 4 is 17.4 Å². The molecule has 3 nitrogen and oxygen atoms in total. The second-order valence-electron chi connectivity index (χ2n) is 3.59. The van der Waals surface area contributed by atoms with Gasteiger partial charge in [0.25, 0.3) is 0 Å². The molecule has 1 heterocycles. The lowest BCUT2D eigenvalue weighted by molar-refractivity contribution is 0.620.